The molecule has 0 bridgehead atoms. The van der Waals surface area contributed by atoms with Crippen LogP contribution in [0.15, 0.2) is 42.5 Å². The second-order valence-corrected chi connectivity index (χ2v) is 6.36. The molecule has 0 aliphatic carbocycles. The van der Waals surface area contributed by atoms with Gasteiger partial charge in [0.2, 0.25) is 0 Å². The van der Waals surface area contributed by atoms with Gasteiger partial charge in [-0.1, -0.05) is 24.3 Å². The van der Waals surface area contributed by atoms with Crippen LogP contribution in [0.4, 0.5) is 5.69 Å². The van der Waals surface area contributed by atoms with E-state index >= 15 is 0 Å². The van der Waals surface area contributed by atoms with E-state index in [1.165, 1.54) is 11.3 Å². The summed E-state index contributed by atoms with van der Waals surface area (Å²) in [4.78, 5) is 4.82. The van der Waals surface area contributed by atoms with Gasteiger partial charge in [0.25, 0.3) is 0 Å². The van der Waals surface area contributed by atoms with Crippen LogP contribution in [-0.4, -0.2) is 52.3 Å². The maximum Gasteiger partial charge on any atom is 0.123 e. The molecule has 1 saturated heterocycles. The Hall–Kier alpha value is -2.46. The maximum absolute atomic E-state index is 5.32. The minimum absolute atomic E-state index is 0.796. The van der Waals surface area contributed by atoms with Gasteiger partial charge in [-0.25, -0.2) is 0 Å². The Balaban J connectivity index is 1.70. The molecule has 1 aliphatic rings. The zero-order valence-corrected chi connectivity index (χ0v) is 15.2. The molecule has 2 aromatic rings. The van der Waals surface area contributed by atoms with Crippen molar-refractivity contribution in [3.8, 4) is 11.5 Å². The normalized spacial score (nSPS) is 15.6. The first-order chi connectivity index (χ1) is 12.2. The standard InChI is InChI=1S/C21H26N2O2/c1-22-10-12-23(13-11-22)19-8-6-17(7-9-19)4-5-18-14-20(24-2)16-21(15-18)25-3/h4-9,14-16H,10-13H2,1-3H3. The van der Waals surface area contributed by atoms with Crippen LogP contribution in [-0.2, 0) is 0 Å². The molecule has 1 fully saturated rings. The molecule has 0 N–H and O–H groups in total. The van der Waals surface area contributed by atoms with Crippen molar-refractivity contribution >= 4 is 17.8 Å². The third-order valence-corrected chi connectivity index (χ3v) is 4.60. The lowest BCUT2D eigenvalue weighted by Crippen LogP contribution is -2.44. The van der Waals surface area contributed by atoms with E-state index in [-0.39, 0.29) is 0 Å². The second kappa shape index (κ2) is 8.08. The van der Waals surface area contributed by atoms with Gasteiger partial charge < -0.3 is 19.3 Å². The highest BCUT2D eigenvalue weighted by molar-refractivity contribution is 5.72. The van der Waals surface area contributed by atoms with Crippen LogP contribution >= 0.6 is 0 Å². The predicted molar refractivity (Wildman–Crippen MR) is 105 cm³/mol. The molecular formula is C21H26N2O2. The maximum atomic E-state index is 5.32. The predicted octanol–water partition coefficient (Wildman–Crippen LogP) is 3.63. The molecule has 4 nitrogen and oxygen atoms in total. The lowest BCUT2D eigenvalue weighted by atomic mass is 10.1. The highest BCUT2D eigenvalue weighted by Gasteiger charge is 2.13. The molecule has 0 unspecified atom stereocenters. The minimum atomic E-state index is 0.796. The number of rotatable bonds is 5. The summed E-state index contributed by atoms with van der Waals surface area (Å²) in [5.41, 5.74) is 3.53. The van der Waals surface area contributed by atoms with E-state index in [0.717, 1.165) is 43.2 Å². The number of ether oxygens (including phenoxy) is 2. The smallest absolute Gasteiger partial charge is 0.123 e. The third-order valence-electron chi connectivity index (χ3n) is 4.60. The number of anilines is 1. The van der Waals surface area contributed by atoms with Gasteiger partial charge in [0.05, 0.1) is 14.2 Å². The summed E-state index contributed by atoms with van der Waals surface area (Å²) in [5.74, 6) is 1.59. The average Bonchev–Trinajstić information content (AvgIpc) is 2.67. The average molecular weight is 338 g/mol. The largest absolute Gasteiger partial charge is 0.497 e. The lowest BCUT2D eigenvalue weighted by Gasteiger charge is -2.34. The van der Waals surface area contributed by atoms with Gasteiger partial charge in [0, 0.05) is 37.9 Å². The van der Waals surface area contributed by atoms with Crippen LogP contribution in [0.25, 0.3) is 12.2 Å². The summed E-state index contributed by atoms with van der Waals surface area (Å²) in [5, 5.41) is 0. The number of benzene rings is 2. The van der Waals surface area contributed by atoms with Crippen LogP contribution in [0.5, 0.6) is 11.5 Å². The van der Waals surface area contributed by atoms with Crippen molar-refractivity contribution in [3.05, 3.63) is 53.6 Å². The molecule has 0 radical (unpaired) electrons. The van der Waals surface area contributed by atoms with E-state index in [0.29, 0.717) is 0 Å². The molecule has 4 heteroatoms. The first-order valence-electron chi connectivity index (χ1n) is 8.62. The highest BCUT2D eigenvalue weighted by Crippen LogP contribution is 2.24. The van der Waals surface area contributed by atoms with Crippen molar-refractivity contribution < 1.29 is 9.47 Å². The minimum Gasteiger partial charge on any atom is -0.497 e. The van der Waals surface area contributed by atoms with Gasteiger partial charge in [-0.15, -0.1) is 0 Å². The molecule has 25 heavy (non-hydrogen) atoms. The molecule has 0 atom stereocenters. The Kier molecular flexibility index (Phi) is 5.61. The number of likely N-dealkylation sites (N-methyl/N-ethyl adjacent to an activating group) is 1. The monoisotopic (exact) mass is 338 g/mol. The first kappa shape index (κ1) is 17.4. The summed E-state index contributed by atoms with van der Waals surface area (Å²) in [6.07, 6.45) is 4.19. The Bertz CT molecular complexity index is 695. The lowest BCUT2D eigenvalue weighted by molar-refractivity contribution is 0.313. The van der Waals surface area contributed by atoms with Crippen molar-refractivity contribution in [3.63, 3.8) is 0 Å². The fourth-order valence-corrected chi connectivity index (χ4v) is 2.98. The van der Waals surface area contributed by atoms with Crippen LogP contribution in [0.2, 0.25) is 0 Å². The molecule has 0 aromatic heterocycles. The Morgan fingerprint density at radius 3 is 1.88 bits per heavy atom. The number of methoxy groups -OCH3 is 2. The van der Waals surface area contributed by atoms with Crippen LogP contribution in [0, 0.1) is 0 Å². The van der Waals surface area contributed by atoms with Crippen molar-refractivity contribution in [1.82, 2.24) is 4.90 Å². The molecular weight excluding hydrogens is 312 g/mol. The molecule has 1 heterocycles. The molecule has 2 aromatic carbocycles. The molecule has 3 rings (SSSR count). The summed E-state index contributed by atoms with van der Waals surface area (Å²) < 4.78 is 10.6. The molecule has 0 amide bonds. The molecule has 1 aliphatic heterocycles. The SMILES string of the molecule is COc1cc(C=Cc2ccc(N3CCN(C)CC3)cc2)cc(OC)c1. The fourth-order valence-electron chi connectivity index (χ4n) is 2.98. The third kappa shape index (κ3) is 4.54. The van der Waals surface area contributed by atoms with E-state index in [2.05, 4.69) is 53.3 Å². The van der Waals surface area contributed by atoms with E-state index in [1.807, 2.05) is 18.2 Å². The van der Waals surface area contributed by atoms with Gasteiger partial charge in [0.15, 0.2) is 0 Å². The zero-order chi connectivity index (χ0) is 17.6. The molecule has 0 spiro atoms. The van der Waals surface area contributed by atoms with Crippen molar-refractivity contribution in [2.45, 2.75) is 0 Å². The van der Waals surface area contributed by atoms with Crippen molar-refractivity contribution in [2.75, 3.05) is 52.3 Å². The van der Waals surface area contributed by atoms with Crippen LogP contribution in [0.1, 0.15) is 11.1 Å². The number of hydrogen-bond donors (Lipinski definition) is 0. The van der Waals surface area contributed by atoms with E-state index < -0.39 is 0 Å². The summed E-state index contributed by atoms with van der Waals surface area (Å²) in [6, 6.07) is 14.6. The summed E-state index contributed by atoms with van der Waals surface area (Å²) in [6.45, 7) is 4.43. The van der Waals surface area contributed by atoms with Crippen LogP contribution < -0.4 is 14.4 Å². The van der Waals surface area contributed by atoms with E-state index in [1.54, 1.807) is 14.2 Å². The second-order valence-electron chi connectivity index (χ2n) is 6.36. The zero-order valence-electron chi connectivity index (χ0n) is 15.2. The topological polar surface area (TPSA) is 24.9 Å². The van der Waals surface area contributed by atoms with Crippen molar-refractivity contribution in [1.29, 1.82) is 0 Å². The Morgan fingerprint density at radius 1 is 0.760 bits per heavy atom. The highest BCUT2D eigenvalue weighted by atomic mass is 16.5. The number of hydrogen-bond acceptors (Lipinski definition) is 4. The Labute approximate surface area is 150 Å². The number of nitrogens with zero attached hydrogens (tertiary/aromatic N) is 2. The van der Waals surface area contributed by atoms with E-state index in [9.17, 15) is 0 Å². The Morgan fingerprint density at radius 2 is 1.32 bits per heavy atom. The first-order valence-corrected chi connectivity index (χ1v) is 8.62. The van der Waals surface area contributed by atoms with Gasteiger partial charge in [0.1, 0.15) is 11.5 Å². The van der Waals surface area contributed by atoms with Crippen LogP contribution in [0.3, 0.4) is 0 Å². The van der Waals surface area contributed by atoms with Crippen molar-refractivity contribution in [2.24, 2.45) is 0 Å². The molecule has 0 saturated carbocycles. The number of piperazine rings is 1. The quantitative estimate of drug-likeness (QED) is 0.778. The van der Waals surface area contributed by atoms with Gasteiger partial charge in [-0.3, -0.25) is 0 Å². The molecule has 132 valence electrons. The fraction of sp³-hybridized carbons (Fsp3) is 0.333. The summed E-state index contributed by atoms with van der Waals surface area (Å²) >= 11 is 0. The van der Waals surface area contributed by atoms with E-state index in [4.69, 9.17) is 9.47 Å². The summed E-state index contributed by atoms with van der Waals surface area (Å²) in [7, 11) is 5.51. The van der Waals surface area contributed by atoms with Gasteiger partial charge >= 0.3 is 0 Å². The van der Waals surface area contributed by atoms with Gasteiger partial charge in [-0.05, 0) is 42.4 Å². The van der Waals surface area contributed by atoms with Gasteiger partial charge in [-0.2, -0.15) is 0 Å².